The molecule has 6 nitrogen and oxygen atoms in total. The van der Waals surface area contributed by atoms with Gasteiger partial charge in [0.15, 0.2) is 0 Å². The first-order chi connectivity index (χ1) is 14.0. The molecule has 0 spiro atoms. The number of benzene rings is 2. The van der Waals surface area contributed by atoms with Crippen LogP contribution in [0.25, 0.3) is 0 Å². The van der Waals surface area contributed by atoms with E-state index in [0.717, 1.165) is 12.2 Å². The Morgan fingerprint density at radius 2 is 1.79 bits per heavy atom. The van der Waals surface area contributed by atoms with Crippen molar-refractivity contribution in [1.29, 1.82) is 0 Å². The predicted molar refractivity (Wildman–Crippen MR) is 110 cm³/mol. The number of hydrogen-bond donors (Lipinski definition) is 1. The number of amides is 2. The van der Waals surface area contributed by atoms with Crippen LogP contribution < -0.4 is 10.1 Å². The van der Waals surface area contributed by atoms with Gasteiger partial charge in [-0.15, -0.1) is 0 Å². The van der Waals surface area contributed by atoms with Gasteiger partial charge in [0.05, 0.1) is 13.2 Å². The van der Waals surface area contributed by atoms with Crippen LogP contribution in [0.1, 0.15) is 23.7 Å². The summed E-state index contributed by atoms with van der Waals surface area (Å²) in [5, 5.41) is 2.70. The van der Waals surface area contributed by atoms with Crippen molar-refractivity contribution in [2.24, 2.45) is 0 Å². The summed E-state index contributed by atoms with van der Waals surface area (Å²) in [6.07, 6.45) is 0.936. The van der Waals surface area contributed by atoms with Crippen molar-refractivity contribution in [3.8, 4) is 5.75 Å². The van der Waals surface area contributed by atoms with Gasteiger partial charge in [-0.1, -0.05) is 13.0 Å². The minimum absolute atomic E-state index is 0.0177. The summed E-state index contributed by atoms with van der Waals surface area (Å²) in [6.45, 7) is 5.24. The molecule has 1 aliphatic rings. The van der Waals surface area contributed by atoms with E-state index in [1.54, 1.807) is 29.2 Å². The molecule has 0 aliphatic carbocycles. The zero-order valence-electron chi connectivity index (χ0n) is 16.6. The molecule has 2 amide bonds. The number of hydrogen-bond acceptors (Lipinski definition) is 4. The first-order valence-electron chi connectivity index (χ1n) is 9.85. The number of nitrogens with one attached hydrogen (secondary N) is 1. The molecule has 1 N–H and O–H groups in total. The molecule has 1 heterocycles. The van der Waals surface area contributed by atoms with Gasteiger partial charge in [0.25, 0.3) is 5.91 Å². The Bertz CT molecular complexity index is 833. The number of halogens is 1. The summed E-state index contributed by atoms with van der Waals surface area (Å²) in [6, 6.07) is 13.0. The molecule has 0 unspecified atom stereocenters. The number of nitrogens with zero attached hydrogens (tertiary/aromatic N) is 2. The summed E-state index contributed by atoms with van der Waals surface area (Å²) in [5.74, 6) is 0.159. The summed E-state index contributed by atoms with van der Waals surface area (Å²) in [4.78, 5) is 28.6. The van der Waals surface area contributed by atoms with Crippen molar-refractivity contribution in [3.05, 3.63) is 59.9 Å². The van der Waals surface area contributed by atoms with E-state index >= 15 is 0 Å². The number of piperazine rings is 1. The Morgan fingerprint density at radius 3 is 2.45 bits per heavy atom. The quantitative estimate of drug-likeness (QED) is 0.778. The lowest BCUT2D eigenvalue weighted by Crippen LogP contribution is -2.50. The normalized spacial score (nSPS) is 14.5. The molecule has 0 aromatic heterocycles. The Kier molecular flexibility index (Phi) is 7.19. The number of ether oxygens (including phenoxy) is 1. The molecule has 3 rings (SSSR count). The molecule has 154 valence electrons. The molecule has 29 heavy (non-hydrogen) atoms. The third-order valence-corrected chi connectivity index (χ3v) is 4.71. The SMILES string of the molecule is CCCOc1ccc(C(=O)N2CCN(CC(=O)Nc3cccc(F)c3)CC2)cc1. The van der Waals surface area contributed by atoms with E-state index in [1.807, 2.05) is 24.0 Å². The Morgan fingerprint density at radius 1 is 1.07 bits per heavy atom. The summed E-state index contributed by atoms with van der Waals surface area (Å²) in [7, 11) is 0. The Labute approximate surface area is 170 Å². The molecule has 1 saturated heterocycles. The van der Waals surface area contributed by atoms with E-state index in [-0.39, 0.29) is 24.2 Å². The lowest BCUT2D eigenvalue weighted by molar-refractivity contribution is -0.117. The molecule has 2 aromatic carbocycles. The minimum atomic E-state index is -0.389. The van der Waals surface area contributed by atoms with E-state index in [9.17, 15) is 14.0 Å². The molecular weight excluding hydrogens is 373 g/mol. The molecule has 7 heteroatoms. The third-order valence-electron chi connectivity index (χ3n) is 4.71. The van der Waals surface area contributed by atoms with Crippen molar-refractivity contribution < 1.29 is 18.7 Å². The van der Waals surface area contributed by atoms with Gasteiger partial charge in [0.1, 0.15) is 11.6 Å². The van der Waals surface area contributed by atoms with Crippen molar-refractivity contribution in [3.63, 3.8) is 0 Å². The summed E-state index contributed by atoms with van der Waals surface area (Å²) >= 11 is 0. The maximum absolute atomic E-state index is 13.2. The van der Waals surface area contributed by atoms with E-state index in [1.165, 1.54) is 12.1 Å². The molecule has 0 atom stereocenters. The monoisotopic (exact) mass is 399 g/mol. The highest BCUT2D eigenvalue weighted by atomic mass is 19.1. The van der Waals surface area contributed by atoms with Crippen molar-refractivity contribution in [2.45, 2.75) is 13.3 Å². The fraction of sp³-hybridized carbons (Fsp3) is 0.364. The smallest absolute Gasteiger partial charge is 0.253 e. The molecule has 2 aromatic rings. The second-order valence-corrected chi connectivity index (χ2v) is 7.00. The average Bonchev–Trinajstić information content (AvgIpc) is 2.72. The van der Waals surface area contributed by atoms with Crippen LogP contribution in [0.2, 0.25) is 0 Å². The van der Waals surface area contributed by atoms with Crippen LogP contribution in [-0.4, -0.2) is 60.9 Å². The van der Waals surface area contributed by atoms with Crippen LogP contribution in [0.15, 0.2) is 48.5 Å². The highest BCUT2D eigenvalue weighted by Crippen LogP contribution is 2.15. The van der Waals surface area contributed by atoms with Gasteiger partial charge in [-0.3, -0.25) is 14.5 Å². The Hall–Kier alpha value is -2.93. The number of rotatable bonds is 7. The lowest BCUT2D eigenvalue weighted by Gasteiger charge is -2.34. The first kappa shape index (κ1) is 20.8. The zero-order valence-corrected chi connectivity index (χ0v) is 16.6. The number of anilines is 1. The minimum Gasteiger partial charge on any atom is -0.494 e. The number of carbonyl (C=O) groups is 2. The van der Waals surface area contributed by atoms with Crippen LogP contribution >= 0.6 is 0 Å². The van der Waals surface area contributed by atoms with Crippen LogP contribution in [0.5, 0.6) is 5.75 Å². The lowest BCUT2D eigenvalue weighted by atomic mass is 10.1. The topological polar surface area (TPSA) is 61.9 Å². The van der Waals surface area contributed by atoms with Gasteiger partial charge in [-0.2, -0.15) is 0 Å². The van der Waals surface area contributed by atoms with E-state index < -0.39 is 0 Å². The predicted octanol–water partition coefficient (Wildman–Crippen LogP) is 3.01. The summed E-state index contributed by atoms with van der Waals surface area (Å²) in [5.41, 5.74) is 1.07. The second kappa shape index (κ2) is 10.0. The third kappa shape index (κ3) is 6.02. The largest absolute Gasteiger partial charge is 0.494 e. The van der Waals surface area contributed by atoms with E-state index in [4.69, 9.17) is 4.74 Å². The first-order valence-corrected chi connectivity index (χ1v) is 9.85. The van der Waals surface area contributed by atoms with E-state index in [2.05, 4.69) is 5.32 Å². The van der Waals surface area contributed by atoms with Gasteiger partial charge in [-0.05, 0) is 48.9 Å². The highest BCUT2D eigenvalue weighted by Gasteiger charge is 2.23. The molecule has 1 aliphatic heterocycles. The van der Waals surface area contributed by atoms with Crippen molar-refractivity contribution in [2.75, 3.05) is 44.6 Å². The maximum atomic E-state index is 13.2. The van der Waals surface area contributed by atoms with Gasteiger partial charge in [0.2, 0.25) is 5.91 Å². The van der Waals surface area contributed by atoms with Crippen LogP contribution in [-0.2, 0) is 4.79 Å². The van der Waals surface area contributed by atoms with Crippen LogP contribution in [0.4, 0.5) is 10.1 Å². The van der Waals surface area contributed by atoms with E-state index in [0.29, 0.717) is 44.0 Å². The summed E-state index contributed by atoms with van der Waals surface area (Å²) < 4.78 is 18.8. The van der Waals surface area contributed by atoms with Gasteiger partial charge >= 0.3 is 0 Å². The fourth-order valence-corrected chi connectivity index (χ4v) is 3.18. The van der Waals surface area contributed by atoms with Gasteiger partial charge in [-0.25, -0.2) is 4.39 Å². The highest BCUT2D eigenvalue weighted by molar-refractivity contribution is 5.94. The average molecular weight is 399 g/mol. The molecule has 0 bridgehead atoms. The van der Waals surface area contributed by atoms with Crippen LogP contribution in [0, 0.1) is 5.82 Å². The maximum Gasteiger partial charge on any atom is 0.253 e. The standard InChI is InChI=1S/C22H26FN3O3/c1-2-14-29-20-8-6-17(7-9-20)22(28)26-12-10-25(11-13-26)16-21(27)24-19-5-3-4-18(23)15-19/h3-9,15H,2,10-14,16H2,1H3,(H,24,27). The molecule has 0 saturated carbocycles. The van der Waals surface area contributed by atoms with Gasteiger partial charge < -0.3 is 15.0 Å². The fourth-order valence-electron chi connectivity index (χ4n) is 3.18. The molecule has 1 fully saturated rings. The van der Waals surface area contributed by atoms with Crippen molar-refractivity contribution >= 4 is 17.5 Å². The molecular formula is C22H26FN3O3. The van der Waals surface area contributed by atoms with Gasteiger partial charge in [0, 0.05) is 37.4 Å². The van der Waals surface area contributed by atoms with Crippen LogP contribution in [0.3, 0.4) is 0 Å². The Balaban J connectivity index is 1.45. The number of carbonyl (C=O) groups excluding carboxylic acids is 2. The second-order valence-electron chi connectivity index (χ2n) is 7.00. The van der Waals surface area contributed by atoms with Crippen molar-refractivity contribution in [1.82, 2.24) is 9.80 Å². The molecule has 0 radical (unpaired) electrons. The zero-order chi connectivity index (χ0) is 20.6.